The zero-order chi connectivity index (χ0) is 15.7. The van der Waals surface area contributed by atoms with Crippen LogP contribution < -0.4 is 10.6 Å². The first-order valence-corrected chi connectivity index (χ1v) is 8.15. The van der Waals surface area contributed by atoms with Gasteiger partial charge in [-0.05, 0) is 43.5 Å². The summed E-state index contributed by atoms with van der Waals surface area (Å²) in [7, 11) is 0. The number of rotatable bonds is 3. The lowest BCUT2D eigenvalue weighted by Gasteiger charge is -2.35. The summed E-state index contributed by atoms with van der Waals surface area (Å²) >= 11 is 0. The van der Waals surface area contributed by atoms with Gasteiger partial charge < -0.3 is 10.6 Å². The highest BCUT2D eigenvalue weighted by Crippen LogP contribution is 2.28. The highest BCUT2D eigenvalue weighted by molar-refractivity contribution is 5.89. The van der Waals surface area contributed by atoms with E-state index in [9.17, 15) is 0 Å². The Hall–Kier alpha value is -1.65. The predicted molar refractivity (Wildman–Crippen MR) is 93.7 cm³/mol. The average Bonchev–Trinajstić information content (AvgIpc) is 2.51. The first-order valence-electron chi connectivity index (χ1n) is 8.15. The molecule has 22 heavy (non-hydrogen) atoms. The van der Waals surface area contributed by atoms with Crippen molar-refractivity contribution in [1.82, 2.24) is 9.88 Å². The smallest absolute Gasteiger partial charge is 0.129 e. The van der Waals surface area contributed by atoms with E-state index in [1.807, 2.05) is 0 Å². The van der Waals surface area contributed by atoms with Crippen LogP contribution in [0.1, 0.15) is 16.7 Å². The Kier molecular flexibility index (Phi) is 4.32. The van der Waals surface area contributed by atoms with Crippen molar-refractivity contribution in [2.24, 2.45) is 5.73 Å². The van der Waals surface area contributed by atoms with Gasteiger partial charge in [0.05, 0.1) is 5.52 Å². The van der Waals surface area contributed by atoms with Crippen molar-refractivity contribution >= 4 is 16.7 Å². The van der Waals surface area contributed by atoms with Gasteiger partial charge in [0.25, 0.3) is 0 Å². The van der Waals surface area contributed by atoms with Crippen molar-refractivity contribution in [1.29, 1.82) is 0 Å². The highest BCUT2D eigenvalue weighted by Gasteiger charge is 2.18. The molecule has 1 fully saturated rings. The third-order valence-electron chi connectivity index (χ3n) is 4.70. The minimum atomic E-state index is 0.742. The predicted octanol–water partition coefficient (Wildman–Crippen LogP) is 2.24. The SMILES string of the molecule is Cc1ccc(C)c2c(C)cc(N3CCN(CCN)CC3)nc12. The van der Waals surface area contributed by atoms with E-state index in [0.29, 0.717) is 0 Å². The molecule has 0 amide bonds. The van der Waals surface area contributed by atoms with E-state index in [1.54, 1.807) is 0 Å². The maximum absolute atomic E-state index is 5.65. The van der Waals surface area contributed by atoms with Crippen molar-refractivity contribution in [2.75, 3.05) is 44.2 Å². The number of hydrogen-bond donors (Lipinski definition) is 1. The number of nitrogens with zero attached hydrogens (tertiary/aromatic N) is 3. The minimum Gasteiger partial charge on any atom is -0.354 e. The van der Waals surface area contributed by atoms with E-state index in [4.69, 9.17) is 10.7 Å². The molecule has 0 aliphatic carbocycles. The molecule has 1 aromatic heterocycles. The van der Waals surface area contributed by atoms with Gasteiger partial charge in [0.2, 0.25) is 0 Å². The molecule has 0 atom stereocenters. The van der Waals surface area contributed by atoms with Crippen LogP contribution in [0.15, 0.2) is 18.2 Å². The van der Waals surface area contributed by atoms with Crippen molar-refractivity contribution in [3.05, 3.63) is 34.9 Å². The maximum Gasteiger partial charge on any atom is 0.129 e. The zero-order valence-corrected chi connectivity index (χ0v) is 13.9. The molecule has 0 saturated carbocycles. The molecule has 3 rings (SSSR count). The summed E-state index contributed by atoms with van der Waals surface area (Å²) < 4.78 is 0. The first kappa shape index (κ1) is 15.3. The minimum absolute atomic E-state index is 0.742. The number of fused-ring (bicyclic) bond motifs is 1. The van der Waals surface area contributed by atoms with Crippen molar-refractivity contribution in [3.63, 3.8) is 0 Å². The van der Waals surface area contributed by atoms with Gasteiger partial charge in [-0.15, -0.1) is 0 Å². The van der Waals surface area contributed by atoms with E-state index in [-0.39, 0.29) is 0 Å². The molecule has 1 aliphatic rings. The second-order valence-corrected chi connectivity index (χ2v) is 6.34. The van der Waals surface area contributed by atoms with E-state index >= 15 is 0 Å². The Labute approximate surface area is 132 Å². The maximum atomic E-state index is 5.65. The summed E-state index contributed by atoms with van der Waals surface area (Å²) in [6.45, 7) is 12.5. The summed E-state index contributed by atoms with van der Waals surface area (Å²) in [5.74, 6) is 1.12. The Morgan fingerprint density at radius 3 is 2.36 bits per heavy atom. The normalized spacial score (nSPS) is 16.5. The van der Waals surface area contributed by atoms with Crippen LogP contribution in [0.4, 0.5) is 5.82 Å². The van der Waals surface area contributed by atoms with Crippen molar-refractivity contribution in [2.45, 2.75) is 20.8 Å². The standard InChI is InChI=1S/C18H26N4/c1-13-4-5-14(2)18-17(13)15(3)12-16(20-18)22-10-8-21(7-6-19)9-11-22/h4-5,12H,6-11,19H2,1-3H3. The van der Waals surface area contributed by atoms with Crippen LogP contribution in [0.2, 0.25) is 0 Å². The quantitative estimate of drug-likeness (QED) is 0.944. The Morgan fingerprint density at radius 1 is 1.00 bits per heavy atom. The van der Waals surface area contributed by atoms with E-state index in [2.05, 4.69) is 48.8 Å². The van der Waals surface area contributed by atoms with Crippen LogP contribution in [0.25, 0.3) is 10.9 Å². The second kappa shape index (κ2) is 6.23. The van der Waals surface area contributed by atoms with Gasteiger partial charge in [0.15, 0.2) is 0 Å². The Morgan fingerprint density at radius 2 is 1.68 bits per heavy atom. The van der Waals surface area contributed by atoms with Gasteiger partial charge in [-0.2, -0.15) is 0 Å². The van der Waals surface area contributed by atoms with Gasteiger partial charge in [0.1, 0.15) is 5.82 Å². The number of hydrogen-bond acceptors (Lipinski definition) is 4. The number of pyridine rings is 1. The molecular formula is C18H26N4. The first-order chi connectivity index (χ1) is 10.6. The molecule has 0 bridgehead atoms. The topological polar surface area (TPSA) is 45.4 Å². The molecule has 1 aromatic carbocycles. The van der Waals surface area contributed by atoms with Crippen LogP contribution in [0.5, 0.6) is 0 Å². The van der Waals surface area contributed by atoms with Crippen LogP contribution >= 0.6 is 0 Å². The lowest BCUT2D eigenvalue weighted by atomic mass is 10.0. The lowest BCUT2D eigenvalue weighted by molar-refractivity contribution is 0.264. The zero-order valence-electron chi connectivity index (χ0n) is 13.9. The summed E-state index contributed by atoms with van der Waals surface area (Å²) in [6, 6.07) is 6.61. The number of aryl methyl sites for hydroxylation is 3. The van der Waals surface area contributed by atoms with E-state index in [1.165, 1.54) is 22.1 Å². The molecule has 2 aromatic rings. The fraction of sp³-hybridized carbons (Fsp3) is 0.500. The highest BCUT2D eigenvalue weighted by atomic mass is 15.3. The number of piperazine rings is 1. The Balaban J connectivity index is 1.91. The lowest BCUT2D eigenvalue weighted by Crippen LogP contribution is -2.48. The molecule has 2 heterocycles. The second-order valence-electron chi connectivity index (χ2n) is 6.34. The number of benzene rings is 1. The fourth-order valence-corrected chi connectivity index (χ4v) is 3.40. The molecule has 4 nitrogen and oxygen atoms in total. The van der Waals surface area contributed by atoms with Crippen molar-refractivity contribution < 1.29 is 0 Å². The summed E-state index contributed by atoms with van der Waals surface area (Å²) in [5.41, 5.74) is 10.7. The number of aromatic nitrogens is 1. The molecule has 1 aliphatic heterocycles. The van der Waals surface area contributed by atoms with Gasteiger partial charge in [-0.25, -0.2) is 4.98 Å². The Bertz CT molecular complexity index is 672. The van der Waals surface area contributed by atoms with Gasteiger partial charge >= 0.3 is 0 Å². The number of anilines is 1. The molecule has 0 spiro atoms. The van der Waals surface area contributed by atoms with Crippen LogP contribution in [0, 0.1) is 20.8 Å². The third-order valence-corrected chi connectivity index (χ3v) is 4.70. The average molecular weight is 298 g/mol. The summed E-state index contributed by atoms with van der Waals surface area (Å²) in [5, 5.41) is 1.31. The van der Waals surface area contributed by atoms with Crippen LogP contribution in [0.3, 0.4) is 0 Å². The van der Waals surface area contributed by atoms with E-state index < -0.39 is 0 Å². The monoisotopic (exact) mass is 298 g/mol. The molecular weight excluding hydrogens is 272 g/mol. The van der Waals surface area contributed by atoms with Crippen LogP contribution in [-0.4, -0.2) is 49.2 Å². The van der Waals surface area contributed by atoms with Crippen LogP contribution in [-0.2, 0) is 0 Å². The molecule has 1 saturated heterocycles. The largest absolute Gasteiger partial charge is 0.354 e. The molecule has 0 unspecified atom stereocenters. The van der Waals surface area contributed by atoms with Crippen molar-refractivity contribution in [3.8, 4) is 0 Å². The molecule has 2 N–H and O–H groups in total. The fourth-order valence-electron chi connectivity index (χ4n) is 3.40. The number of nitrogens with two attached hydrogens (primary N) is 1. The third kappa shape index (κ3) is 2.81. The van der Waals surface area contributed by atoms with Gasteiger partial charge in [-0.3, -0.25) is 4.90 Å². The molecule has 4 heteroatoms. The summed E-state index contributed by atoms with van der Waals surface area (Å²) in [6.07, 6.45) is 0. The molecule has 118 valence electrons. The van der Waals surface area contributed by atoms with Gasteiger partial charge in [-0.1, -0.05) is 12.1 Å². The molecule has 0 radical (unpaired) electrons. The summed E-state index contributed by atoms with van der Waals surface area (Å²) in [4.78, 5) is 9.81. The van der Waals surface area contributed by atoms with E-state index in [0.717, 1.165) is 50.6 Å². The van der Waals surface area contributed by atoms with Gasteiger partial charge in [0, 0.05) is 44.7 Å².